The minimum Gasteiger partial charge on any atom is -0.375 e. The van der Waals surface area contributed by atoms with Crippen molar-refractivity contribution < 1.29 is 0 Å². The molecule has 1 rings (SSSR count). The number of hydrogen-bond donors (Lipinski definition) is 2. The fourth-order valence-electron chi connectivity index (χ4n) is 1.38. The van der Waals surface area contributed by atoms with Gasteiger partial charge in [-0.25, -0.2) is 0 Å². The van der Waals surface area contributed by atoms with Gasteiger partial charge in [-0.05, 0) is 50.4 Å². The van der Waals surface area contributed by atoms with Crippen LogP contribution in [0.3, 0.4) is 0 Å². The summed E-state index contributed by atoms with van der Waals surface area (Å²) in [6, 6.07) is 0. The van der Waals surface area contributed by atoms with Crippen LogP contribution in [0.5, 0.6) is 0 Å². The second kappa shape index (κ2) is 4.97. The van der Waals surface area contributed by atoms with E-state index in [4.69, 9.17) is 5.73 Å². The number of hydrogen-bond acceptors (Lipinski definition) is 2. The van der Waals surface area contributed by atoms with Crippen molar-refractivity contribution in [2.24, 2.45) is 10.8 Å². The zero-order chi connectivity index (χ0) is 9.68. The Bertz CT molecular complexity index is 256. The molecule has 0 heterocycles. The standard InChI is InChI=1S/C9H15N3S/c1-7(11-12-9(10)13)8-5-3-2-4-6-8/h5H,2-4,6H2,1H3,(H3,10,12,13)/b11-7+. The van der Waals surface area contributed by atoms with Gasteiger partial charge in [0.05, 0.1) is 5.71 Å². The Balaban J connectivity index is 2.54. The van der Waals surface area contributed by atoms with Crippen LogP contribution in [0.15, 0.2) is 16.8 Å². The van der Waals surface area contributed by atoms with Crippen LogP contribution < -0.4 is 11.2 Å². The van der Waals surface area contributed by atoms with Crippen molar-refractivity contribution >= 4 is 23.0 Å². The van der Waals surface area contributed by atoms with Crippen molar-refractivity contribution in [1.82, 2.24) is 5.43 Å². The van der Waals surface area contributed by atoms with Gasteiger partial charge in [-0.1, -0.05) is 6.08 Å². The predicted molar refractivity (Wildman–Crippen MR) is 59.6 cm³/mol. The predicted octanol–water partition coefficient (Wildman–Crippen LogP) is 1.70. The third-order valence-corrected chi connectivity index (χ3v) is 2.18. The van der Waals surface area contributed by atoms with E-state index in [0.717, 1.165) is 18.6 Å². The summed E-state index contributed by atoms with van der Waals surface area (Å²) in [6.07, 6.45) is 7.07. The highest BCUT2D eigenvalue weighted by molar-refractivity contribution is 7.80. The number of thiocarbonyl (C=S) groups is 1. The smallest absolute Gasteiger partial charge is 0.184 e. The van der Waals surface area contributed by atoms with Crippen molar-refractivity contribution in [2.75, 3.05) is 0 Å². The average Bonchev–Trinajstić information content (AvgIpc) is 2.15. The topological polar surface area (TPSA) is 50.4 Å². The van der Waals surface area contributed by atoms with Crippen molar-refractivity contribution in [3.05, 3.63) is 11.6 Å². The molecule has 0 unspecified atom stereocenters. The first-order valence-corrected chi connectivity index (χ1v) is 4.90. The highest BCUT2D eigenvalue weighted by Gasteiger charge is 2.05. The van der Waals surface area contributed by atoms with Crippen molar-refractivity contribution in [2.45, 2.75) is 32.6 Å². The molecule has 0 aromatic heterocycles. The van der Waals surface area contributed by atoms with Gasteiger partial charge < -0.3 is 5.73 Å². The number of hydrazone groups is 1. The van der Waals surface area contributed by atoms with Gasteiger partial charge in [0.1, 0.15) is 0 Å². The van der Waals surface area contributed by atoms with E-state index in [1.165, 1.54) is 18.4 Å². The molecule has 0 saturated heterocycles. The summed E-state index contributed by atoms with van der Waals surface area (Å²) in [4.78, 5) is 0. The lowest BCUT2D eigenvalue weighted by Crippen LogP contribution is -2.25. The van der Waals surface area contributed by atoms with Gasteiger partial charge in [0.15, 0.2) is 5.11 Å². The lowest BCUT2D eigenvalue weighted by atomic mass is 9.97. The van der Waals surface area contributed by atoms with Gasteiger partial charge in [0, 0.05) is 0 Å². The van der Waals surface area contributed by atoms with E-state index in [1.807, 2.05) is 6.92 Å². The summed E-state index contributed by atoms with van der Waals surface area (Å²) >= 11 is 4.66. The second-order valence-corrected chi connectivity index (χ2v) is 3.59. The van der Waals surface area contributed by atoms with Crippen LogP contribution in [0.2, 0.25) is 0 Å². The number of allylic oxidation sites excluding steroid dienone is 2. The van der Waals surface area contributed by atoms with Gasteiger partial charge in [-0.2, -0.15) is 5.10 Å². The summed E-state index contributed by atoms with van der Waals surface area (Å²) in [6.45, 7) is 1.97. The molecular formula is C9H15N3S. The molecule has 0 aliphatic heterocycles. The molecule has 0 radical (unpaired) electrons. The summed E-state index contributed by atoms with van der Waals surface area (Å²) in [7, 11) is 0. The third-order valence-electron chi connectivity index (χ3n) is 2.09. The number of nitrogens with one attached hydrogen (secondary N) is 1. The van der Waals surface area contributed by atoms with Crippen molar-refractivity contribution in [3.63, 3.8) is 0 Å². The van der Waals surface area contributed by atoms with Crippen LogP contribution in [0.25, 0.3) is 0 Å². The first-order chi connectivity index (χ1) is 6.20. The molecule has 0 atom stereocenters. The molecule has 1 aliphatic carbocycles. The zero-order valence-corrected chi connectivity index (χ0v) is 8.66. The zero-order valence-electron chi connectivity index (χ0n) is 7.84. The molecule has 3 N–H and O–H groups in total. The number of nitrogens with two attached hydrogens (primary N) is 1. The third kappa shape index (κ3) is 3.55. The highest BCUT2D eigenvalue weighted by Crippen LogP contribution is 2.18. The molecule has 0 fully saturated rings. The molecule has 13 heavy (non-hydrogen) atoms. The van der Waals surface area contributed by atoms with E-state index in [2.05, 4.69) is 28.8 Å². The molecule has 0 bridgehead atoms. The average molecular weight is 197 g/mol. The van der Waals surface area contributed by atoms with E-state index >= 15 is 0 Å². The van der Waals surface area contributed by atoms with E-state index in [-0.39, 0.29) is 5.11 Å². The Hall–Kier alpha value is -0.900. The van der Waals surface area contributed by atoms with Crippen LogP contribution in [-0.4, -0.2) is 10.8 Å². The van der Waals surface area contributed by atoms with E-state index < -0.39 is 0 Å². The first-order valence-electron chi connectivity index (χ1n) is 4.49. The molecule has 1 aliphatic rings. The first kappa shape index (κ1) is 10.2. The lowest BCUT2D eigenvalue weighted by Gasteiger charge is -2.11. The quantitative estimate of drug-likeness (QED) is 0.402. The molecule has 72 valence electrons. The van der Waals surface area contributed by atoms with Crippen LogP contribution in [0.4, 0.5) is 0 Å². The van der Waals surface area contributed by atoms with Crippen LogP contribution in [0.1, 0.15) is 32.6 Å². The fourth-order valence-corrected chi connectivity index (χ4v) is 1.42. The molecule has 0 saturated carbocycles. The Morgan fingerprint density at radius 1 is 1.62 bits per heavy atom. The van der Waals surface area contributed by atoms with Crippen molar-refractivity contribution in [3.8, 4) is 0 Å². The van der Waals surface area contributed by atoms with Crippen LogP contribution >= 0.6 is 12.2 Å². The van der Waals surface area contributed by atoms with Crippen molar-refractivity contribution in [1.29, 1.82) is 0 Å². The van der Waals surface area contributed by atoms with Crippen LogP contribution in [-0.2, 0) is 0 Å². The summed E-state index contributed by atoms with van der Waals surface area (Å²) < 4.78 is 0. The Kier molecular flexibility index (Phi) is 3.89. The molecular weight excluding hydrogens is 182 g/mol. The van der Waals surface area contributed by atoms with Crippen LogP contribution in [0, 0.1) is 0 Å². The van der Waals surface area contributed by atoms with E-state index in [0.29, 0.717) is 0 Å². The maximum atomic E-state index is 5.26. The Morgan fingerprint density at radius 3 is 2.92 bits per heavy atom. The SMILES string of the molecule is C/C(=N\NC(N)=S)C1=CCCCC1. The van der Waals surface area contributed by atoms with E-state index in [9.17, 15) is 0 Å². The minimum absolute atomic E-state index is 0.218. The molecule has 4 heteroatoms. The Morgan fingerprint density at radius 2 is 2.38 bits per heavy atom. The summed E-state index contributed by atoms with van der Waals surface area (Å²) in [5.74, 6) is 0. The van der Waals surface area contributed by atoms with Gasteiger partial charge >= 0.3 is 0 Å². The summed E-state index contributed by atoms with van der Waals surface area (Å²) in [5.41, 5.74) is 10.2. The number of rotatable bonds is 2. The monoisotopic (exact) mass is 197 g/mol. The van der Waals surface area contributed by atoms with Gasteiger partial charge in [-0.15, -0.1) is 0 Å². The maximum Gasteiger partial charge on any atom is 0.184 e. The lowest BCUT2D eigenvalue weighted by molar-refractivity contribution is 0.716. The minimum atomic E-state index is 0.218. The molecule has 0 amide bonds. The van der Waals surface area contributed by atoms with Gasteiger partial charge in [-0.3, -0.25) is 5.43 Å². The largest absolute Gasteiger partial charge is 0.375 e. The molecule has 0 aromatic rings. The molecule has 3 nitrogen and oxygen atoms in total. The second-order valence-electron chi connectivity index (χ2n) is 3.15. The van der Waals surface area contributed by atoms with Gasteiger partial charge in [0.2, 0.25) is 0 Å². The van der Waals surface area contributed by atoms with Gasteiger partial charge in [0.25, 0.3) is 0 Å². The number of nitrogens with zero attached hydrogens (tertiary/aromatic N) is 1. The maximum absolute atomic E-state index is 5.26. The fraction of sp³-hybridized carbons (Fsp3) is 0.556. The normalized spacial score (nSPS) is 17.9. The molecule has 0 aromatic carbocycles. The molecule has 0 spiro atoms. The Labute approximate surface area is 84.1 Å². The highest BCUT2D eigenvalue weighted by atomic mass is 32.1. The van der Waals surface area contributed by atoms with E-state index in [1.54, 1.807) is 0 Å². The summed E-state index contributed by atoms with van der Waals surface area (Å²) in [5, 5.41) is 4.30.